The summed E-state index contributed by atoms with van der Waals surface area (Å²) in [6.45, 7) is 6.15. The molecule has 3 heterocycles. The molecule has 25 nitrogen and oxygen atoms in total. The summed E-state index contributed by atoms with van der Waals surface area (Å²) in [5.74, 6) is -6.50. The Morgan fingerprint density at radius 3 is 1.81 bits per heavy atom. The minimum atomic E-state index is -2.29. The van der Waals surface area contributed by atoms with Crippen molar-refractivity contribution in [2.45, 2.75) is 203 Å². The largest absolute Gasteiger partial charge is 0.508 e. The number of hydrogen-bond acceptors (Lipinski definition) is 18. The highest BCUT2D eigenvalue weighted by Gasteiger charge is 2.48. The van der Waals surface area contributed by atoms with Crippen molar-refractivity contribution in [2.24, 2.45) is 23.3 Å². The number of carbonyl (C=O) groups is 7. The molecule has 0 saturated carbocycles. The van der Waals surface area contributed by atoms with E-state index in [1.807, 2.05) is 0 Å². The molecule has 0 aromatic heterocycles. The van der Waals surface area contributed by atoms with Crippen LogP contribution in [0.2, 0.25) is 0 Å². The molecule has 4 rings (SSSR count). The fraction of sp³-hybridized carbons (Fsp3) is 0.750. The van der Waals surface area contributed by atoms with Gasteiger partial charge in [0.05, 0.1) is 31.0 Å². The van der Waals surface area contributed by atoms with Crippen LogP contribution in [0.15, 0.2) is 24.3 Å². The molecule has 0 bridgehead atoms. The molecule has 0 radical (unpaired) electrons. The van der Waals surface area contributed by atoms with Crippen molar-refractivity contribution in [3.05, 3.63) is 29.8 Å². The number of amides is 7. The van der Waals surface area contributed by atoms with Crippen LogP contribution < -0.4 is 38.1 Å². The van der Waals surface area contributed by atoms with Gasteiger partial charge in [-0.2, -0.15) is 0 Å². The highest BCUT2D eigenvalue weighted by molar-refractivity contribution is 5.98. The van der Waals surface area contributed by atoms with Crippen molar-refractivity contribution < 1.29 is 79.2 Å². The van der Waals surface area contributed by atoms with Crippen LogP contribution in [0.4, 0.5) is 0 Å². The second kappa shape index (κ2) is 31.5. The lowest BCUT2D eigenvalue weighted by Crippen LogP contribution is -2.64. The number of nitrogens with zero attached hydrogens (tertiary/aromatic N) is 2. The number of rotatable bonds is 23. The first-order chi connectivity index (χ1) is 36.5. The molecule has 17 N–H and O–H groups in total. The van der Waals surface area contributed by atoms with Gasteiger partial charge in [0.15, 0.2) is 6.23 Å². The molecule has 3 aliphatic heterocycles. The number of phenols is 1. The molecular formula is C52H87N9O16. The van der Waals surface area contributed by atoms with Crippen LogP contribution in [0.1, 0.15) is 129 Å². The summed E-state index contributed by atoms with van der Waals surface area (Å²) in [4.78, 5) is 102. The Hall–Kier alpha value is -5.09. The molecule has 77 heavy (non-hydrogen) atoms. The van der Waals surface area contributed by atoms with E-state index in [1.165, 1.54) is 30.7 Å². The first kappa shape index (κ1) is 64.4. The maximum Gasteiger partial charge on any atom is 0.248 e. The number of carbonyl (C=O) groups excluding carboxylic acids is 7. The zero-order chi connectivity index (χ0) is 57.1. The average Bonchev–Trinajstić information content (AvgIpc) is 3.99. The summed E-state index contributed by atoms with van der Waals surface area (Å²) in [6, 6.07) is -6.32. The minimum Gasteiger partial charge on any atom is -0.508 e. The van der Waals surface area contributed by atoms with Gasteiger partial charge >= 0.3 is 0 Å². The Kier molecular flexibility index (Phi) is 26.4. The van der Waals surface area contributed by atoms with E-state index >= 15 is 0 Å². The summed E-state index contributed by atoms with van der Waals surface area (Å²) < 4.78 is 5.74. The molecule has 25 heteroatoms. The van der Waals surface area contributed by atoms with Crippen molar-refractivity contribution in [1.29, 1.82) is 0 Å². The van der Waals surface area contributed by atoms with Gasteiger partial charge in [-0.1, -0.05) is 77.8 Å². The van der Waals surface area contributed by atoms with Gasteiger partial charge in [0, 0.05) is 45.3 Å². The first-order valence-corrected chi connectivity index (χ1v) is 27.2. The summed E-state index contributed by atoms with van der Waals surface area (Å²) in [5, 5.41) is 101. The Morgan fingerprint density at radius 2 is 1.23 bits per heavy atom. The molecule has 7 amide bonds. The van der Waals surface area contributed by atoms with Gasteiger partial charge in [-0.25, -0.2) is 0 Å². The Labute approximate surface area is 450 Å². The van der Waals surface area contributed by atoms with Crippen molar-refractivity contribution in [2.75, 3.05) is 32.8 Å². The molecule has 0 aliphatic carbocycles. The molecule has 1 aromatic rings. The molecule has 3 saturated heterocycles. The summed E-state index contributed by atoms with van der Waals surface area (Å²) in [7, 11) is 0. The van der Waals surface area contributed by atoms with Crippen LogP contribution in [-0.2, 0) is 38.3 Å². The van der Waals surface area contributed by atoms with Crippen molar-refractivity contribution in [1.82, 2.24) is 36.4 Å². The number of nitrogens with two attached hydrogens (primary N) is 2. The number of ether oxygens (including phenoxy) is 1. The number of unbranched alkanes of at least 4 members (excludes halogenated alkanes) is 5. The quantitative estimate of drug-likeness (QED) is 0.0489. The highest BCUT2D eigenvalue weighted by Crippen LogP contribution is 2.27. The van der Waals surface area contributed by atoms with Crippen LogP contribution in [0.5, 0.6) is 5.75 Å². The number of aromatic hydroxyl groups is 1. The third-order valence-corrected chi connectivity index (χ3v) is 14.7. The lowest BCUT2D eigenvalue weighted by molar-refractivity contribution is -0.148. The third-order valence-electron chi connectivity index (χ3n) is 14.7. The standard InChI is InChI=1S/C52H87N9O16/c1-5-28(2)22-29(3)12-10-8-6-7-9-11-13-40(68)55-35-25-39(67)50(77-21-20-54)59-48(73)37-24-34(65)27-61(37)52(76)42(38(66)18-19-53)57-49(74)43(45(70)44(69)31-14-16-32(63)17-15-31)58-47(72)36-23-33(64)26-60(36)51(75)41(30(4)62)56-46(35)71/h14-17,28-30,33-39,41-45,50,62-67,69-70H,5-13,18-27,53-54H2,1-4H3,(H,55,68)(H,56,71)(H,57,74)(H,58,72)(H,59,73). The lowest BCUT2D eigenvalue weighted by Gasteiger charge is -2.34. The van der Waals surface area contributed by atoms with E-state index in [-0.39, 0.29) is 43.9 Å². The van der Waals surface area contributed by atoms with Crippen LogP contribution in [-0.4, -0.2) is 204 Å². The Balaban J connectivity index is 1.73. The molecule has 3 fully saturated rings. The zero-order valence-electron chi connectivity index (χ0n) is 44.9. The number of benzene rings is 1. The van der Waals surface area contributed by atoms with E-state index in [4.69, 9.17) is 16.2 Å². The maximum absolute atomic E-state index is 14.6. The smallest absolute Gasteiger partial charge is 0.248 e. The lowest BCUT2D eigenvalue weighted by atomic mass is 9.91. The summed E-state index contributed by atoms with van der Waals surface area (Å²) in [6.07, 6.45) is -7.43. The van der Waals surface area contributed by atoms with E-state index in [1.54, 1.807) is 0 Å². The Morgan fingerprint density at radius 1 is 0.688 bits per heavy atom. The van der Waals surface area contributed by atoms with Crippen molar-refractivity contribution in [3.63, 3.8) is 0 Å². The van der Waals surface area contributed by atoms with Crippen LogP contribution >= 0.6 is 0 Å². The zero-order valence-corrected chi connectivity index (χ0v) is 44.9. The minimum absolute atomic E-state index is 0.0370. The second-order valence-corrected chi connectivity index (χ2v) is 21.2. The molecule has 3 aliphatic rings. The van der Waals surface area contributed by atoms with Gasteiger partial charge in [-0.05, 0) is 62.3 Å². The van der Waals surface area contributed by atoms with E-state index in [0.717, 1.165) is 55.2 Å². The van der Waals surface area contributed by atoms with Gasteiger partial charge in [0.25, 0.3) is 0 Å². The monoisotopic (exact) mass is 1090 g/mol. The number of nitrogens with one attached hydrogen (secondary N) is 5. The van der Waals surface area contributed by atoms with Gasteiger partial charge in [-0.3, -0.25) is 33.6 Å². The van der Waals surface area contributed by atoms with Crippen molar-refractivity contribution >= 4 is 41.4 Å². The van der Waals surface area contributed by atoms with Crippen LogP contribution in [0.3, 0.4) is 0 Å². The fourth-order valence-electron chi connectivity index (χ4n) is 10.1. The number of phenolic OH excluding ortho intramolecular Hbond substituents is 1. The van der Waals surface area contributed by atoms with E-state index < -0.39 is 159 Å². The summed E-state index contributed by atoms with van der Waals surface area (Å²) in [5.41, 5.74) is 11.4. The topological polar surface area (TPSA) is 409 Å². The third kappa shape index (κ3) is 19.1. The molecule has 16 unspecified atom stereocenters. The van der Waals surface area contributed by atoms with E-state index in [2.05, 4.69) is 47.4 Å². The maximum atomic E-state index is 14.6. The second-order valence-electron chi connectivity index (χ2n) is 21.2. The predicted octanol–water partition coefficient (Wildman–Crippen LogP) is -2.88. The number of aliphatic hydroxyl groups excluding tert-OH is 7. The van der Waals surface area contributed by atoms with E-state index in [9.17, 15) is 74.4 Å². The molecular weight excluding hydrogens is 1010 g/mol. The van der Waals surface area contributed by atoms with E-state index in [0.29, 0.717) is 24.7 Å². The van der Waals surface area contributed by atoms with Gasteiger partial charge < -0.3 is 93.4 Å². The van der Waals surface area contributed by atoms with Gasteiger partial charge in [0.2, 0.25) is 41.4 Å². The van der Waals surface area contributed by atoms with Crippen molar-refractivity contribution in [3.8, 4) is 5.75 Å². The number of fused-ring (bicyclic) bond motifs is 2. The van der Waals surface area contributed by atoms with Crippen LogP contribution in [0, 0.1) is 11.8 Å². The number of hydrogen-bond donors (Lipinski definition) is 15. The van der Waals surface area contributed by atoms with Gasteiger partial charge in [-0.15, -0.1) is 0 Å². The predicted molar refractivity (Wildman–Crippen MR) is 278 cm³/mol. The summed E-state index contributed by atoms with van der Waals surface area (Å²) >= 11 is 0. The molecule has 16 atom stereocenters. The first-order valence-electron chi connectivity index (χ1n) is 27.2. The number of aliphatic hydroxyl groups is 7. The fourth-order valence-corrected chi connectivity index (χ4v) is 10.1. The highest BCUT2D eigenvalue weighted by atomic mass is 16.5. The normalized spacial score (nSPS) is 28.6. The Bertz CT molecular complexity index is 2070. The van der Waals surface area contributed by atoms with Crippen LogP contribution in [0.25, 0.3) is 0 Å². The molecule has 1 aromatic carbocycles. The van der Waals surface area contributed by atoms with Gasteiger partial charge in [0.1, 0.15) is 60.3 Å². The SMILES string of the molecule is CCC(C)CC(C)CCCCCCCCC(=O)NC1CC(O)C(OCCN)NC(=O)C2CC(O)CN2C(=O)C(C(O)CCN)NC(=O)C(C(O)C(O)c2ccc(O)cc2)NC(=O)C2CC(O)CN2C(=O)C(C(C)O)NC1=O. The molecule has 0 spiro atoms. The average molecular weight is 1090 g/mol. The molecule has 436 valence electrons.